The van der Waals surface area contributed by atoms with Gasteiger partial charge in [0, 0.05) is 25.9 Å². The summed E-state index contributed by atoms with van der Waals surface area (Å²) >= 11 is 0. The Labute approximate surface area is 136 Å². The summed E-state index contributed by atoms with van der Waals surface area (Å²) in [5.74, 6) is 0. The smallest absolute Gasteiger partial charge is 0.117 e. The normalized spacial score (nSPS) is 16.1. The molecular formula is C18H28NO2Si. The minimum absolute atomic E-state index is 0.645. The molecule has 0 N–H and O–H groups in total. The molecule has 0 aromatic heterocycles. The van der Waals surface area contributed by atoms with Crippen molar-refractivity contribution in [3.8, 4) is 0 Å². The van der Waals surface area contributed by atoms with E-state index in [0.717, 1.165) is 39.1 Å². The van der Waals surface area contributed by atoms with Gasteiger partial charge in [0.25, 0.3) is 0 Å². The van der Waals surface area contributed by atoms with Crippen LogP contribution < -0.4 is 5.19 Å². The number of morpholine rings is 1. The zero-order valence-electron chi connectivity index (χ0n) is 13.7. The van der Waals surface area contributed by atoms with Gasteiger partial charge < -0.3 is 9.47 Å². The molecule has 3 nitrogen and oxygen atoms in total. The number of rotatable bonds is 9. The zero-order chi connectivity index (χ0) is 15.6. The summed E-state index contributed by atoms with van der Waals surface area (Å²) in [7, 11) is -0.645. The summed E-state index contributed by atoms with van der Waals surface area (Å²) in [6.07, 6.45) is 4.09. The third kappa shape index (κ3) is 5.69. The second kappa shape index (κ2) is 9.95. The van der Waals surface area contributed by atoms with Crippen LogP contribution >= 0.6 is 0 Å². The van der Waals surface area contributed by atoms with E-state index in [0.29, 0.717) is 0 Å². The van der Waals surface area contributed by atoms with Gasteiger partial charge in [0.2, 0.25) is 0 Å². The number of nitrogens with zero attached hydrogens (tertiary/aromatic N) is 1. The van der Waals surface area contributed by atoms with Gasteiger partial charge in [0.1, 0.15) is 8.80 Å². The van der Waals surface area contributed by atoms with Crippen molar-refractivity contribution in [3.63, 3.8) is 0 Å². The van der Waals surface area contributed by atoms with Crippen LogP contribution in [0.15, 0.2) is 30.8 Å². The van der Waals surface area contributed by atoms with Crippen molar-refractivity contribution in [2.45, 2.75) is 19.4 Å². The fourth-order valence-corrected chi connectivity index (χ4v) is 5.09. The van der Waals surface area contributed by atoms with E-state index in [2.05, 4.69) is 42.7 Å². The summed E-state index contributed by atoms with van der Waals surface area (Å²) in [4.78, 5) is 2.52. The molecule has 0 unspecified atom stereocenters. The molecule has 1 aromatic rings. The SMILES string of the molecule is C=Cc1cccc([Si](CCCN2CCOCC2)COCC)c1. The number of benzene rings is 1. The zero-order valence-corrected chi connectivity index (χ0v) is 14.7. The first-order valence-corrected chi connectivity index (χ1v) is 10.2. The van der Waals surface area contributed by atoms with E-state index in [-0.39, 0.29) is 0 Å². The van der Waals surface area contributed by atoms with Crippen LogP contribution in [0.4, 0.5) is 0 Å². The summed E-state index contributed by atoms with van der Waals surface area (Å²) in [5, 5.41) is 1.47. The fourth-order valence-electron chi connectivity index (χ4n) is 2.75. The highest BCUT2D eigenvalue weighted by atomic mass is 28.3. The lowest BCUT2D eigenvalue weighted by atomic mass is 10.2. The van der Waals surface area contributed by atoms with Gasteiger partial charge in [0.05, 0.1) is 13.2 Å². The van der Waals surface area contributed by atoms with Crippen LogP contribution in [0.1, 0.15) is 18.9 Å². The molecule has 1 fully saturated rings. The Morgan fingerprint density at radius 2 is 2.18 bits per heavy atom. The van der Waals surface area contributed by atoms with Crippen molar-refractivity contribution < 1.29 is 9.47 Å². The Bertz CT molecular complexity index is 446. The number of hydrogen-bond acceptors (Lipinski definition) is 3. The van der Waals surface area contributed by atoms with Crippen molar-refractivity contribution in [1.29, 1.82) is 0 Å². The molecule has 2 rings (SSSR count). The molecule has 4 heteroatoms. The van der Waals surface area contributed by atoms with Crippen LogP contribution in [-0.2, 0) is 9.47 Å². The van der Waals surface area contributed by atoms with E-state index in [1.807, 2.05) is 6.08 Å². The third-order valence-corrected chi connectivity index (χ3v) is 6.70. The predicted molar refractivity (Wildman–Crippen MR) is 95.1 cm³/mol. The molecule has 0 amide bonds. The van der Waals surface area contributed by atoms with Gasteiger partial charge in [-0.3, -0.25) is 4.90 Å². The molecule has 0 spiro atoms. The molecule has 0 saturated carbocycles. The van der Waals surface area contributed by atoms with Crippen LogP contribution in [-0.4, -0.2) is 59.4 Å². The molecule has 1 heterocycles. The van der Waals surface area contributed by atoms with Crippen molar-refractivity contribution in [3.05, 3.63) is 36.4 Å². The minimum atomic E-state index is -0.645. The van der Waals surface area contributed by atoms with Crippen LogP contribution in [0.3, 0.4) is 0 Å². The Balaban J connectivity index is 1.88. The lowest BCUT2D eigenvalue weighted by Gasteiger charge is -2.27. The first kappa shape index (κ1) is 17.4. The van der Waals surface area contributed by atoms with Gasteiger partial charge in [-0.1, -0.05) is 48.2 Å². The van der Waals surface area contributed by atoms with Gasteiger partial charge in [-0.15, -0.1) is 0 Å². The summed E-state index contributed by atoms with van der Waals surface area (Å²) in [6.45, 7) is 11.9. The molecule has 121 valence electrons. The molecule has 0 aliphatic carbocycles. The first-order chi connectivity index (χ1) is 10.8. The van der Waals surface area contributed by atoms with Crippen LogP contribution in [0.5, 0.6) is 0 Å². The molecule has 1 aliphatic rings. The van der Waals surface area contributed by atoms with Crippen molar-refractivity contribution in [1.82, 2.24) is 4.90 Å². The lowest BCUT2D eigenvalue weighted by molar-refractivity contribution is 0.0379. The van der Waals surface area contributed by atoms with Gasteiger partial charge in [-0.05, 0) is 25.5 Å². The van der Waals surface area contributed by atoms with Crippen molar-refractivity contribution >= 4 is 20.1 Å². The quantitative estimate of drug-likeness (QED) is 0.652. The standard InChI is InChI=1S/C18H28NO2Si/c1-3-17-7-5-8-18(15-17)22(16-20-4-2)14-6-9-19-10-12-21-13-11-19/h3,5,7-8,15H,1,4,6,9-14,16H2,2H3. The minimum Gasteiger partial charge on any atom is -0.385 e. The largest absolute Gasteiger partial charge is 0.385 e. The predicted octanol–water partition coefficient (Wildman–Crippen LogP) is 2.33. The molecule has 1 radical (unpaired) electrons. The van der Waals surface area contributed by atoms with Crippen molar-refractivity contribution in [2.75, 3.05) is 45.7 Å². The Morgan fingerprint density at radius 3 is 2.91 bits per heavy atom. The molecule has 22 heavy (non-hydrogen) atoms. The lowest BCUT2D eigenvalue weighted by Crippen LogP contribution is -2.39. The maximum atomic E-state index is 5.75. The highest BCUT2D eigenvalue weighted by Crippen LogP contribution is 2.07. The maximum absolute atomic E-state index is 5.75. The van der Waals surface area contributed by atoms with Gasteiger partial charge >= 0.3 is 0 Å². The molecule has 0 atom stereocenters. The van der Waals surface area contributed by atoms with Crippen LogP contribution in [0, 0.1) is 0 Å². The maximum Gasteiger partial charge on any atom is 0.117 e. The third-order valence-electron chi connectivity index (χ3n) is 4.07. The Kier molecular flexibility index (Phi) is 7.87. The van der Waals surface area contributed by atoms with Crippen molar-refractivity contribution in [2.24, 2.45) is 0 Å². The van der Waals surface area contributed by atoms with E-state index >= 15 is 0 Å². The monoisotopic (exact) mass is 318 g/mol. The van der Waals surface area contributed by atoms with Gasteiger partial charge in [-0.2, -0.15) is 0 Å². The molecule has 0 bridgehead atoms. The van der Waals surface area contributed by atoms with E-state index in [1.165, 1.54) is 29.8 Å². The molecular weight excluding hydrogens is 290 g/mol. The van der Waals surface area contributed by atoms with Gasteiger partial charge in [0.15, 0.2) is 0 Å². The highest BCUT2D eigenvalue weighted by molar-refractivity contribution is 6.73. The Morgan fingerprint density at radius 1 is 1.36 bits per heavy atom. The molecule has 1 aromatic carbocycles. The average Bonchev–Trinajstić information content (AvgIpc) is 2.59. The van der Waals surface area contributed by atoms with Crippen LogP contribution in [0.2, 0.25) is 6.04 Å². The topological polar surface area (TPSA) is 21.7 Å². The molecule has 1 aliphatic heterocycles. The van der Waals surface area contributed by atoms with Gasteiger partial charge in [-0.25, -0.2) is 0 Å². The summed E-state index contributed by atoms with van der Waals surface area (Å²) in [6, 6.07) is 10.1. The second-order valence-electron chi connectivity index (χ2n) is 5.63. The molecule has 1 saturated heterocycles. The number of ether oxygens (including phenoxy) is 2. The van der Waals surface area contributed by atoms with E-state index in [1.54, 1.807) is 0 Å². The number of hydrogen-bond donors (Lipinski definition) is 0. The summed E-state index contributed by atoms with van der Waals surface area (Å²) in [5.41, 5.74) is 1.21. The van der Waals surface area contributed by atoms with Crippen LogP contribution in [0.25, 0.3) is 6.08 Å². The van der Waals surface area contributed by atoms with E-state index in [4.69, 9.17) is 9.47 Å². The average molecular weight is 319 g/mol. The Hall–Kier alpha value is -0.943. The highest BCUT2D eigenvalue weighted by Gasteiger charge is 2.16. The first-order valence-electron chi connectivity index (χ1n) is 8.29. The second-order valence-corrected chi connectivity index (χ2v) is 8.20. The van der Waals surface area contributed by atoms with E-state index in [9.17, 15) is 0 Å². The summed E-state index contributed by atoms with van der Waals surface area (Å²) < 4.78 is 11.2. The van der Waals surface area contributed by atoms with E-state index < -0.39 is 8.80 Å². The fraction of sp³-hybridized carbons (Fsp3) is 0.556.